The molecule has 1 heteroatoms. The van der Waals surface area contributed by atoms with Gasteiger partial charge in [-0.3, -0.25) is 0 Å². The summed E-state index contributed by atoms with van der Waals surface area (Å²) in [5, 5.41) is 0. The van der Waals surface area contributed by atoms with Crippen LogP contribution in [0, 0.1) is 0 Å². The van der Waals surface area contributed by atoms with E-state index in [1.807, 2.05) is 0 Å². The molecule has 2 aliphatic rings. The Labute approximate surface area is 347 Å². The van der Waals surface area contributed by atoms with Crippen LogP contribution in [0.15, 0.2) is 224 Å². The second-order valence-electron chi connectivity index (χ2n) is 16.4. The summed E-state index contributed by atoms with van der Waals surface area (Å²) in [6.07, 6.45) is 0. The number of nitrogens with zero attached hydrogens (tertiary/aromatic N) is 1. The van der Waals surface area contributed by atoms with Gasteiger partial charge >= 0.3 is 0 Å². The molecule has 0 aliphatic heterocycles. The van der Waals surface area contributed by atoms with Crippen LogP contribution in [-0.2, 0) is 10.8 Å². The predicted octanol–water partition coefficient (Wildman–Crippen LogP) is 15.2. The summed E-state index contributed by atoms with van der Waals surface area (Å²) in [7, 11) is 0. The van der Waals surface area contributed by atoms with Crippen LogP contribution in [-0.4, -0.2) is 0 Å². The summed E-state index contributed by atoms with van der Waals surface area (Å²) in [4.78, 5) is 2.53. The Hall–Kier alpha value is -7.22. The number of anilines is 3. The average Bonchev–Trinajstić information content (AvgIpc) is 3.73. The highest BCUT2D eigenvalue weighted by atomic mass is 15.1. The van der Waals surface area contributed by atoms with E-state index in [2.05, 4.69) is 243 Å². The molecule has 0 bridgehead atoms. The number of hydrogen-bond acceptors (Lipinski definition) is 1. The Bertz CT molecular complexity index is 2960. The number of hydrogen-bond donors (Lipinski definition) is 0. The number of fused-ring (bicyclic) bond motifs is 6. The Morgan fingerprint density at radius 1 is 0.322 bits per heavy atom. The van der Waals surface area contributed by atoms with E-state index < -0.39 is 5.41 Å². The highest BCUT2D eigenvalue weighted by Crippen LogP contribution is 2.58. The molecule has 2 aliphatic carbocycles. The molecule has 0 heterocycles. The second-order valence-corrected chi connectivity index (χ2v) is 16.4. The van der Waals surface area contributed by atoms with Crippen LogP contribution in [0.3, 0.4) is 0 Å². The zero-order valence-electron chi connectivity index (χ0n) is 33.3. The fourth-order valence-electron chi connectivity index (χ4n) is 10.3. The monoisotopic (exact) mass is 753 g/mol. The fourth-order valence-corrected chi connectivity index (χ4v) is 10.3. The second kappa shape index (κ2) is 13.7. The van der Waals surface area contributed by atoms with Gasteiger partial charge in [-0.25, -0.2) is 0 Å². The quantitative estimate of drug-likeness (QED) is 0.157. The van der Waals surface area contributed by atoms with Gasteiger partial charge in [-0.05, 0) is 103 Å². The lowest BCUT2D eigenvalue weighted by Crippen LogP contribution is -2.28. The first-order valence-corrected chi connectivity index (χ1v) is 20.7. The van der Waals surface area contributed by atoms with Crippen LogP contribution >= 0.6 is 0 Å². The van der Waals surface area contributed by atoms with Crippen molar-refractivity contribution in [3.63, 3.8) is 0 Å². The smallest absolute Gasteiger partial charge is 0.0714 e. The van der Waals surface area contributed by atoms with Crippen LogP contribution in [0.4, 0.5) is 17.1 Å². The Morgan fingerprint density at radius 3 is 1.37 bits per heavy atom. The molecule has 9 aromatic rings. The Balaban J connectivity index is 1.23. The van der Waals surface area contributed by atoms with E-state index >= 15 is 0 Å². The van der Waals surface area contributed by atoms with Crippen LogP contribution in [0.25, 0.3) is 44.5 Å². The minimum atomic E-state index is -0.522. The SMILES string of the molecule is CC1(C)c2ccccc2-c2ccc(N(c3ccc4c(c3)C(c3ccccc3)(c3ccccc3)c3ccccc3-4)c3cccc(-c4ccccc4)c3-c3ccccc3)cc21. The first-order chi connectivity index (χ1) is 29.0. The summed E-state index contributed by atoms with van der Waals surface area (Å²) in [5.41, 5.74) is 20.5. The molecule has 0 saturated carbocycles. The van der Waals surface area contributed by atoms with Gasteiger partial charge in [0.05, 0.1) is 11.1 Å². The maximum Gasteiger partial charge on any atom is 0.0714 e. The first kappa shape index (κ1) is 35.0. The zero-order valence-corrected chi connectivity index (χ0v) is 33.3. The highest BCUT2D eigenvalue weighted by Gasteiger charge is 2.46. The minimum Gasteiger partial charge on any atom is -0.310 e. The van der Waals surface area contributed by atoms with Crippen molar-refractivity contribution in [1.82, 2.24) is 0 Å². The van der Waals surface area contributed by atoms with Gasteiger partial charge in [0.25, 0.3) is 0 Å². The number of rotatable bonds is 7. The van der Waals surface area contributed by atoms with Crippen LogP contribution in [0.1, 0.15) is 47.2 Å². The third-order valence-corrected chi connectivity index (χ3v) is 13.0. The van der Waals surface area contributed by atoms with E-state index in [9.17, 15) is 0 Å². The van der Waals surface area contributed by atoms with Gasteiger partial charge in [0, 0.05) is 22.4 Å². The fraction of sp³-hybridized carbons (Fsp3) is 0.0690. The number of benzene rings is 9. The summed E-state index contributed by atoms with van der Waals surface area (Å²) < 4.78 is 0. The standard InChI is InChI=1S/C58H43N/c1-57(2)51-31-17-15-28-47(51)49-36-34-44(38-53(49)57)59(55-33-19-30-46(40-20-7-3-8-21-40)56(55)41-22-9-4-10-23-41)45-35-37-50-48-29-16-18-32-52(48)58(54(50)39-45,42-24-11-5-12-25-42)43-26-13-6-14-27-43/h3-39H,1-2H3. The normalized spacial score (nSPS) is 13.9. The molecular weight excluding hydrogens is 711 g/mol. The Kier molecular flexibility index (Phi) is 8.13. The average molecular weight is 754 g/mol. The molecule has 0 saturated heterocycles. The predicted molar refractivity (Wildman–Crippen MR) is 247 cm³/mol. The molecule has 0 radical (unpaired) electrons. The van der Waals surface area contributed by atoms with Crippen LogP contribution in [0.2, 0.25) is 0 Å². The van der Waals surface area contributed by atoms with Crippen molar-refractivity contribution in [3.8, 4) is 44.5 Å². The van der Waals surface area contributed by atoms with E-state index in [0.717, 1.165) is 17.1 Å². The largest absolute Gasteiger partial charge is 0.310 e. The molecule has 0 fully saturated rings. The highest BCUT2D eigenvalue weighted by molar-refractivity contribution is 5.98. The molecule has 0 amide bonds. The van der Waals surface area contributed by atoms with Gasteiger partial charge in [0.2, 0.25) is 0 Å². The molecule has 0 unspecified atom stereocenters. The van der Waals surface area contributed by atoms with E-state index in [4.69, 9.17) is 0 Å². The van der Waals surface area contributed by atoms with Gasteiger partial charge in [0.1, 0.15) is 0 Å². The molecule has 0 aromatic heterocycles. The van der Waals surface area contributed by atoms with Crippen molar-refractivity contribution in [1.29, 1.82) is 0 Å². The molecular formula is C58H43N. The zero-order chi connectivity index (χ0) is 39.6. The molecule has 0 atom stereocenters. The third kappa shape index (κ3) is 5.31. The Morgan fingerprint density at radius 2 is 0.763 bits per heavy atom. The third-order valence-electron chi connectivity index (χ3n) is 13.0. The van der Waals surface area contributed by atoms with Gasteiger partial charge in [-0.1, -0.05) is 208 Å². The summed E-state index contributed by atoms with van der Waals surface area (Å²) in [6, 6.07) is 83.1. The lowest BCUT2D eigenvalue weighted by molar-refractivity contribution is 0.660. The van der Waals surface area contributed by atoms with Crippen LogP contribution in [0.5, 0.6) is 0 Å². The van der Waals surface area contributed by atoms with Crippen molar-refractivity contribution >= 4 is 17.1 Å². The molecule has 59 heavy (non-hydrogen) atoms. The molecule has 11 rings (SSSR count). The van der Waals surface area contributed by atoms with Crippen molar-refractivity contribution < 1.29 is 0 Å². The van der Waals surface area contributed by atoms with Crippen molar-refractivity contribution in [3.05, 3.63) is 258 Å². The summed E-state index contributed by atoms with van der Waals surface area (Å²) in [6.45, 7) is 4.75. The van der Waals surface area contributed by atoms with Gasteiger partial charge in [0.15, 0.2) is 0 Å². The molecule has 280 valence electrons. The maximum absolute atomic E-state index is 2.53. The van der Waals surface area contributed by atoms with Gasteiger partial charge in [-0.15, -0.1) is 0 Å². The summed E-state index contributed by atoms with van der Waals surface area (Å²) >= 11 is 0. The molecule has 0 N–H and O–H groups in total. The van der Waals surface area contributed by atoms with E-state index in [0.29, 0.717) is 0 Å². The maximum atomic E-state index is 2.53. The van der Waals surface area contributed by atoms with E-state index in [1.54, 1.807) is 0 Å². The van der Waals surface area contributed by atoms with Crippen molar-refractivity contribution in [2.75, 3.05) is 4.90 Å². The van der Waals surface area contributed by atoms with Gasteiger partial charge in [-0.2, -0.15) is 0 Å². The topological polar surface area (TPSA) is 3.24 Å². The molecule has 1 nitrogen and oxygen atoms in total. The van der Waals surface area contributed by atoms with Crippen molar-refractivity contribution in [2.45, 2.75) is 24.7 Å². The first-order valence-electron chi connectivity index (χ1n) is 20.7. The molecule has 0 spiro atoms. The summed E-state index contributed by atoms with van der Waals surface area (Å²) in [5.74, 6) is 0. The van der Waals surface area contributed by atoms with Gasteiger partial charge < -0.3 is 4.90 Å². The van der Waals surface area contributed by atoms with Crippen molar-refractivity contribution in [2.24, 2.45) is 0 Å². The van der Waals surface area contributed by atoms with Crippen LogP contribution < -0.4 is 4.90 Å². The molecule has 9 aromatic carbocycles. The minimum absolute atomic E-state index is 0.156. The lowest BCUT2D eigenvalue weighted by Gasteiger charge is -2.35. The van der Waals surface area contributed by atoms with E-state index in [1.165, 1.54) is 77.9 Å². The van der Waals surface area contributed by atoms with E-state index in [-0.39, 0.29) is 5.41 Å². The lowest BCUT2D eigenvalue weighted by atomic mass is 9.67.